The quantitative estimate of drug-likeness (QED) is 0.0240. The predicted octanol–water partition coefficient (Wildman–Crippen LogP) is 9.73. The van der Waals surface area contributed by atoms with E-state index in [9.17, 15) is 23.8 Å². The third-order valence-electron chi connectivity index (χ3n) is 8.51. The van der Waals surface area contributed by atoms with Crippen molar-refractivity contribution in [3.8, 4) is 0 Å². The maximum Gasteiger partial charge on any atom is 0.472 e. The molecule has 0 amide bonds. The molecule has 0 aliphatic carbocycles. The van der Waals surface area contributed by atoms with Crippen LogP contribution in [0.15, 0.2) is 12.2 Å². The second-order valence-electron chi connectivity index (χ2n) is 13.4. The van der Waals surface area contributed by atoms with Crippen molar-refractivity contribution < 1.29 is 47.5 Å². The van der Waals surface area contributed by atoms with Crippen molar-refractivity contribution in [2.45, 2.75) is 193 Å². The topological polar surface area (TPSA) is 172 Å². The number of aliphatic carboxylic acids is 1. The van der Waals surface area contributed by atoms with Crippen LogP contribution in [0.3, 0.4) is 0 Å². The van der Waals surface area contributed by atoms with Crippen LogP contribution in [0, 0.1) is 0 Å². The number of carbonyl (C=O) groups is 3. The molecule has 0 aromatic carbocycles. The molecule has 0 aliphatic rings. The van der Waals surface area contributed by atoms with Gasteiger partial charge in [0.05, 0.1) is 13.2 Å². The van der Waals surface area contributed by atoms with E-state index in [0.717, 1.165) is 32.1 Å². The molecule has 50 heavy (non-hydrogen) atoms. The van der Waals surface area contributed by atoms with Crippen LogP contribution in [0.1, 0.15) is 181 Å². The zero-order valence-electron chi connectivity index (χ0n) is 31.5. The van der Waals surface area contributed by atoms with E-state index < -0.39 is 51.1 Å². The number of nitrogens with two attached hydrogens (primary N) is 1. The fraction of sp³-hybridized carbons (Fsp3) is 0.868. The molecule has 294 valence electrons. The predicted molar refractivity (Wildman–Crippen MR) is 199 cm³/mol. The first-order valence-electron chi connectivity index (χ1n) is 19.7. The Hall–Kier alpha value is -1.78. The van der Waals surface area contributed by atoms with Gasteiger partial charge in [-0.15, -0.1) is 0 Å². The summed E-state index contributed by atoms with van der Waals surface area (Å²) >= 11 is 0. The molecular weight excluding hydrogens is 661 g/mol. The van der Waals surface area contributed by atoms with Crippen molar-refractivity contribution in [2.75, 3.05) is 19.8 Å². The number of allylic oxidation sites excluding steroid dienone is 2. The molecule has 0 spiro atoms. The molecule has 0 aromatic rings. The molecule has 0 heterocycles. The van der Waals surface area contributed by atoms with Gasteiger partial charge in [-0.2, -0.15) is 0 Å². The van der Waals surface area contributed by atoms with Gasteiger partial charge in [-0.3, -0.25) is 23.4 Å². The first-order chi connectivity index (χ1) is 24.1. The molecule has 0 fully saturated rings. The molecule has 0 rings (SSSR count). The zero-order chi connectivity index (χ0) is 37.1. The minimum Gasteiger partial charge on any atom is -0.480 e. The Bertz CT molecular complexity index is 916. The number of phosphoric ester groups is 1. The Morgan fingerprint density at radius 1 is 0.600 bits per heavy atom. The van der Waals surface area contributed by atoms with Gasteiger partial charge >= 0.3 is 25.7 Å². The third-order valence-corrected chi connectivity index (χ3v) is 9.46. The highest BCUT2D eigenvalue weighted by Gasteiger charge is 2.28. The van der Waals surface area contributed by atoms with E-state index in [0.29, 0.717) is 12.8 Å². The largest absolute Gasteiger partial charge is 0.480 e. The summed E-state index contributed by atoms with van der Waals surface area (Å²) < 4.78 is 32.2. The average molecular weight is 734 g/mol. The minimum atomic E-state index is -4.69. The van der Waals surface area contributed by atoms with Crippen LogP contribution < -0.4 is 5.73 Å². The molecule has 0 aromatic heterocycles. The van der Waals surface area contributed by atoms with Crippen molar-refractivity contribution in [2.24, 2.45) is 5.73 Å². The lowest BCUT2D eigenvalue weighted by atomic mass is 10.0. The third kappa shape index (κ3) is 33.4. The fourth-order valence-corrected chi connectivity index (χ4v) is 6.13. The first-order valence-corrected chi connectivity index (χ1v) is 21.2. The minimum absolute atomic E-state index is 0.163. The Kier molecular flexibility index (Phi) is 33.1. The van der Waals surface area contributed by atoms with Crippen molar-refractivity contribution in [1.29, 1.82) is 0 Å². The summed E-state index contributed by atoms with van der Waals surface area (Å²) in [5, 5.41) is 8.81. The maximum absolute atomic E-state index is 12.5. The van der Waals surface area contributed by atoms with E-state index in [2.05, 4.69) is 23.6 Å². The van der Waals surface area contributed by atoms with Crippen LogP contribution in [0.2, 0.25) is 0 Å². The number of carbonyl (C=O) groups excluding carboxylic acids is 2. The van der Waals surface area contributed by atoms with Gasteiger partial charge < -0.3 is 25.2 Å². The molecule has 0 radical (unpaired) electrons. The van der Waals surface area contributed by atoms with Crippen molar-refractivity contribution in [3.63, 3.8) is 0 Å². The summed E-state index contributed by atoms with van der Waals surface area (Å²) in [6.45, 7) is 2.60. The van der Waals surface area contributed by atoms with Crippen LogP contribution in [0.25, 0.3) is 0 Å². The Morgan fingerprint density at radius 3 is 1.50 bits per heavy atom. The highest BCUT2D eigenvalue weighted by molar-refractivity contribution is 7.47. The molecule has 3 atom stereocenters. The number of hydrogen-bond donors (Lipinski definition) is 3. The second-order valence-corrected chi connectivity index (χ2v) is 14.9. The van der Waals surface area contributed by atoms with Crippen molar-refractivity contribution >= 4 is 25.7 Å². The summed E-state index contributed by atoms with van der Waals surface area (Å²) in [5.74, 6) is -2.40. The number of ether oxygens (including phenoxy) is 2. The Balaban J connectivity index is 4.02. The van der Waals surface area contributed by atoms with E-state index in [1.165, 1.54) is 109 Å². The number of esters is 2. The normalized spacial score (nSPS) is 14.0. The molecule has 12 heteroatoms. The van der Waals surface area contributed by atoms with Gasteiger partial charge in [0.2, 0.25) is 0 Å². The Morgan fingerprint density at radius 2 is 1.00 bits per heavy atom. The SMILES string of the molecule is CCCCCCCCCC/C=C\CCCCCCCCCCCCCC(=O)OC(COC(=O)CCCCC)COP(=O)(O)OCC(N)C(=O)O. The summed E-state index contributed by atoms with van der Waals surface area (Å²) in [6, 6.07) is -1.52. The van der Waals surface area contributed by atoms with Gasteiger partial charge in [-0.05, 0) is 38.5 Å². The lowest BCUT2D eigenvalue weighted by Gasteiger charge is -2.20. The van der Waals surface area contributed by atoms with E-state index in [1.54, 1.807) is 0 Å². The van der Waals surface area contributed by atoms with Gasteiger partial charge in [0.1, 0.15) is 12.6 Å². The summed E-state index contributed by atoms with van der Waals surface area (Å²) in [5.41, 5.74) is 5.29. The monoisotopic (exact) mass is 733 g/mol. The summed E-state index contributed by atoms with van der Waals surface area (Å²) in [4.78, 5) is 45.2. The highest BCUT2D eigenvalue weighted by Crippen LogP contribution is 2.43. The zero-order valence-corrected chi connectivity index (χ0v) is 32.4. The molecule has 0 bridgehead atoms. The molecule has 3 unspecified atom stereocenters. The number of carboxylic acid groups (broad SMARTS) is 1. The number of hydrogen-bond acceptors (Lipinski definition) is 9. The van der Waals surface area contributed by atoms with Gasteiger partial charge in [-0.25, -0.2) is 4.57 Å². The second kappa shape index (κ2) is 34.3. The van der Waals surface area contributed by atoms with E-state index >= 15 is 0 Å². The highest BCUT2D eigenvalue weighted by atomic mass is 31.2. The standard InChI is InChI=1S/C38H72NO10P/c1-3-5-7-8-9-10-11-12-13-14-15-16-17-18-19-20-21-22-23-24-25-26-28-30-37(41)49-34(31-46-36(40)29-27-6-4-2)32-47-50(44,45)48-33-35(39)38(42)43/h14-15,34-35H,3-13,16-33,39H2,1-2H3,(H,42,43)(H,44,45)/b15-14-. The van der Waals surface area contributed by atoms with Crippen LogP contribution in [-0.4, -0.2) is 59.9 Å². The summed E-state index contributed by atoms with van der Waals surface area (Å²) in [7, 11) is -4.69. The average Bonchev–Trinajstić information content (AvgIpc) is 3.08. The first kappa shape index (κ1) is 48.2. The molecule has 0 saturated carbocycles. The van der Waals surface area contributed by atoms with Gasteiger partial charge in [-0.1, -0.05) is 142 Å². The summed E-state index contributed by atoms with van der Waals surface area (Å²) in [6.07, 6.45) is 32.5. The smallest absolute Gasteiger partial charge is 0.472 e. The molecule has 0 saturated heterocycles. The van der Waals surface area contributed by atoms with E-state index in [4.69, 9.17) is 24.8 Å². The van der Waals surface area contributed by atoms with Crippen LogP contribution >= 0.6 is 7.82 Å². The molecule has 0 aliphatic heterocycles. The number of unbranched alkanes of at least 4 members (excludes halogenated alkanes) is 21. The number of rotatable bonds is 37. The van der Waals surface area contributed by atoms with E-state index in [1.807, 2.05) is 6.92 Å². The van der Waals surface area contributed by atoms with Gasteiger partial charge in [0, 0.05) is 12.8 Å². The lowest BCUT2D eigenvalue weighted by Crippen LogP contribution is -2.34. The molecular formula is C38H72NO10P. The molecule has 4 N–H and O–H groups in total. The van der Waals surface area contributed by atoms with Crippen molar-refractivity contribution in [3.05, 3.63) is 12.2 Å². The fourth-order valence-electron chi connectivity index (χ4n) is 5.35. The number of carboxylic acids is 1. The van der Waals surface area contributed by atoms with Crippen molar-refractivity contribution in [1.82, 2.24) is 0 Å². The maximum atomic E-state index is 12.5. The number of phosphoric acid groups is 1. The van der Waals surface area contributed by atoms with E-state index in [-0.39, 0.29) is 19.4 Å². The van der Waals surface area contributed by atoms with Crippen LogP contribution in [0.4, 0.5) is 0 Å². The van der Waals surface area contributed by atoms with Crippen LogP contribution in [-0.2, 0) is 37.5 Å². The lowest BCUT2D eigenvalue weighted by molar-refractivity contribution is -0.161. The van der Waals surface area contributed by atoms with Gasteiger partial charge in [0.25, 0.3) is 0 Å². The van der Waals surface area contributed by atoms with Gasteiger partial charge in [0.15, 0.2) is 6.10 Å². The Labute approximate surface area is 303 Å². The molecule has 11 nitrogen and oxygen atoms in total. The van der Waals surface area contributed by atoms with Crippen LogP contribution in [0.5, 0.6) is 0 Å².